The van der Waals surface area contributed by atoms with E-state index in [1.54, 1.807) is 26.2 Å². The lowest BCUT2D eigenvalue weighted by Gasteiger charge is -2.42. The van der Waals surface area contributed by atoms with Crippen LogP contribution in [0.15, 0.2) is 30.3 Å². The van der Waals surface area contributed by atoms with E-state index in [0.717, 1.165) is 18.4 Å². The Hall–Kier alpha value is -2.66. The van der Waals surface area contributed by atoms with Gasteiger partial charge in [0, 0.05) is 58.0 Å². The van der Waals surface area contributed by atoms with Crippen molar-refractivity contribution in [2.24, 2.45) is 35.5 Å². The predicted molar refractivity (Wildman–Crippen MR) is 220 cm³/mol. The van der Waals surface area contributed by atoms with Crippen LogP contribution >= 0.6 is 0 Å². The number of rotatable bonds is 22. The number of carbonyl (C=O) groups excluding carboxylic acids is 4. The molecule has 1 aromatic carbocycles. The molecule has 314 valence electrons. The van der Waals surface area contributed by atoms with Gasteiger partial charge in [0.05, 0.1) is 42.9 Å². The maximum absolute atomic E-state index is 14.5. The van der Waals surface area contributed by atoms with E-state index in [-0.39, 0.29) is 83.9 Å². The lowest BCUT2D eigenvalue weighted by Crippen LogP contribution is -2.55. The first kappa shape index (κ1) is 48.5. The summed E-state index contributed by atoms with van der Waals surface area (Å²) in [5, 5.41) is 10.9. The molecule has 1 fully saturated rings. The van der Waals surface area contributed by atoms with Crippen molar-refractivity contribution < 1.29 is 33.8 Å². The fourth-order valence-electron chi connectivity index (χ4n) is 8.59. The lowest BCUT2D eigenvalue weighted by atomic mass is 9.83. The van der Waals surface area contributed by atoms with E-state index >= 15 is 0 Å². The van der Waals surface area contributed by atoms with Crippen LogP contribution in [-0.4, -0.2) is 114 Å². The fourth-order valence-corrected chi connectivity index (χ4v) is 8.59. The quantitative estimate of drug-likeness (QED) is 0.131. The smallest absolute Gasteiger partial charge is 0.226 e. The zero-order valence-corrected chi connectivity index (χ0v) is 37.0. The van der Waals surface area contributed by atoms with Gasteiger partial charge in [0.15, 0.2) is 5.78 Å². The molecule has 0 unspecified atom stereocenters. The maximum atomic E-state index is 14.5. The van der Waals surface area contributed by atoms with Crippen molar-refractivity contribution >= 4 is 23.4 Å². The summed E-state index contributed by atoms with van der Waals surface area (Å²) in [5.41, 5.74) is 0.563. The first-order valence-corrected chi connectivity index (χ1v) is 20.8. The van der Waals surface area contributed by atoms with E-state index in [9.17, 15) is 24.3 Å². The van der Waals surface area contributed by atoms with Gasteiger partial charge < -0.3 is 24.4 Å². The summed E-state index contributed by atoms with van der Waals surface area (Å²) in [6.45, 7) is 22.8. The summed E-state index contributed by atoms with van der Waals surface area (Å²) in [6.07, 6.45) is 0.804. The molecule has 10 atom stereocenters. The molecule has 10 heteroatoms. The van der Waals surface area contributed by atoms with Crippen molar-refractivity contribution in [1.82, 2.24) is 14.7 Å². The summed E-state index contributed by atoms with van der Waals surface area (Å²) >= 11 is 0. The molecule has 2 amide bonds. The number of amides is 2. The molecule has 0 aliphatic carbocycles. The number of benzene rings is 1. The van der Waals surface area contributed by atoms with Crippen molar-refractivity contribution in [3.05, 3.63) is 35.9 Å². The van der Waals surface area contributed by atoms with Crippen LogP contribution in [0.2, 0.25) is 0 Å². The molecule has 0 radical (unpaired) electrons. The monoisotopic (exact) mass is 772 g/mol. The highest BCUT2D eigenvalue weighted by molar-refractivity contribution is 5.90. The lowest BCUT2D eigenvalue weighted by molar-refractivity contribution is -0.149. The Morgan fingerprint density at radius 2 is 1.45 bits per heavy atom. The second-order valence-electron chi connectivity index (χ2n) is 18.1. The normalized spacial score (nSPS) is 20.1. The largest absolute Gasteiger partial charge is 0.388 e. The third kappa shape index (κ3) is 12.7. The number of likely N-dealkylation sites (tertiary alicyclic amines) is 1. The highest BCUT2D eigenvalue weighted by Gasteiger charge is 2.43. The number of hydrogen-bond donors (Lipinski definition) is 1. The summed E-state index contributed by atoms with van der Waals surface area (Å²) < 4.78 is 12.1. The summed E-state index contributed by atoms with van der Waals surface area (Å²) in [5.74, 6) is -1.43. The molecule has 55 heavy (non-hydrogen) atoms. The topological polar surface area (TPSA) is 117 Å². The Labute approximate surface area is 334 Å². The fraction of sp³-hybridized carbons (Fsp3) is 0.778. The van der Waals surface area contributed by atoms with Crippen molar-refractivity contribution in [1.29, 1.82) is 0 Å². The second-order valence-corrected chi connectivity index (χ2v) is 18.1. The van der Waals surface area contributed by atoms with Gasteiger partial charge in [-0.15, -0.1) is 0 Å². The number of carbonyl (C=O) groups is 4. The Kier molecular flexibility index (Phi) is 19.2. The highest BCUT2D eigenvalue weighted by Crippen LogP contribution is 2.33. The minimum absolute atomic E-state index is 0.0108. The van der Waals surface area contributed by atoms with Crippen LogP contribution in [0.5, 0.6) is 0 Å². The van der Waals surface area contributed by atoms with Crippen molar-refractivity contribution in [2.75, 3.05) is 34.9 Å². The van der Waals surface area contributed by atoms with Crippen LogP contribution in [0.25, 0.3) is 0 Å². The third-order valence-electron chi connectivity index (χ3n) is 12.5. The molecule has 1 heterocycles. The molecule has 1 aliphatic rings. The first-order chi connectivity index (χ1) is 25.6. The number of ketones is 2. The number of nitrogens with zero attached hydrogens (tertiary/aromatic N) is 3. The minimum atomic E-state index is -0.763. The second kappa shape index (κ2) is 21.8. The summed E-state index contributed by atoms with van der Waals surface area (Å²) in [7, 11) is 6.96. The molecular formula is C45H77N3O7. The van der Waals surface area contributed by atoms with Gasteiger partial charge in [0.2, 0.25) is 11.8 Å². The van der Waals surface area contributed by atoms with E-state index in [1.807, 2.05) is 70.0 Å². The number of ether oxygens (including phenoxy) is 2. The van der Waals surface area contributed by atoms with Crippen molar-refractivity contribution in [3.8, 4) is 0 Å². The molecule has 1 aromatic rings. The highest BCUT2D eigenvalue weighted by atomic mass is 16.5. The van der Waals surface area contributed by atoms with E-state index in [1.165, 1.54) is 0 Å². The third-order valence-corrected chi connectivity index (χ3v) is 12.5. The van der Waals surface area contributed by atoms with Gasteiger partial charge in [-0.3, -0.25) is 24.1 Å². The summed E-state index contributed by atoms with van der Waals surface area (Å²) in [4.78, 5) is 62.0. The van der Waals surface area contributed by atoms with Gasteiger partial charge in [-0.25, -0.2) is 0 Å². The molecule has 1 aliphatic heterocycles. The Morgan fingerprint density at radius 1 is 0.855 bits per heavy atom. The number of aliphatic hydroxyl groups is 1. The van der Waals surface area contributed by atoms with Crippen LogP contribution in [0.3, 0.4) is 0 Å². The average molecular weight is 772 g/mol. The predicted octanol–water partition coefficient (Wildman–Crippen LogP) is 7.22. The number of aliphatic hydroxyl groups excluding tert-OH is 1. The number of likely N-dealkylation sites (N-methyl/N-ethyl adjacent to an activating group) is 2. The molecule has 0 aromatic heterocycles. The molecule has 10 nitrogen and oxygen atoms in total. The minimum Gasteiger partial charge on any atom is -0.388 e. The molecular weight excluding hydrogens is 695 g/mol. The van der Waals surface area contributed by atoms with Gasteiger partial charge in [-0.1, -0.05) is 92.1 Å². The van der Waals surface area contributed by atoms with Gasteiger partial charge in [0.25, 0.3) is 0 Å². The Balaban J connectivity index is 2.28. The molecule has 0 bridgehead atoms. The van der Waals surface area contributed by atoms with Crippen LogP contribution in [0.1, 0.15) is 126 Å². The molecule has 0 saturated carbocycles. The SMILES string of the molecule is CC[C@H](C)[C@@H]([C@@H](CC(=O)N1CCC[C@H]1[C@H](OC)[C@@H](C)C(=O)C[C@H](C)[C@@H](O)c1ccccc1)OC)N(C)C(=O)[C@@H](CC(=O)[C@H](C(C)C)N(C)C(C)(C)C)C(C)C. The average Bonchev–Trinajstić information content (AvgIpc) is 3.62. The molecule has 1 saturated heterocycles. The van der Waals surface area contributed by atoms with Gasteiger partial charge >= 0.3 is 0 Å². The molecule has 1 N–H and O–H groups in total. The Bertz CT molecular complexity index is 1360. The Morgan fingerprint density at radius 3 is 1.95 bits per heavy atom. The maximum Gasteiger partial charge on any atom is 0.226 e. The molecule has 0 spiro atoms. The van der Waals surface area contributed by atoms with Crippen molar-refractivity contribution in [3.63, 3.8) is 0 Å². The van der Waals surface area contributed by atoms with Crippen LogP contribution in [-0.2, 0) is 28.7 Å². The zero-order chi connectivity index (χ0) is 41.9. The standard InChI is InChI=1S/C45H77N3O7/c1-16-30(6)41(46(12)44(53)34(28(2)3)26-37(50)40(29(4)5)47(13)45(9,10)11)38(54-14)27-39(51)48-24-20-23-35(48)43(55-15)32(8)36(49)25-31(7)42(52)33-21-18-17-19-22-33/h17-19,21-22,28-32,34-35,38,40-43,52H,16,20,23-27H2,1-15H3/t30-,31-,32-,34-,35-,38+,40-,41-,42+,43+/m0/s1. The van der Waals surface area contributed by atoms with Crippen LogP contribution in [0.4, 0.5) is 0 Å². The van der Waals surface area contributed by atoms with E-state index in [0.29, 0.717) is 13.0 Å². The van der Waals surface area contributed by atoms with Gasteiger partial charge in [-0.2, -0.15) is 0 Å². The summed E-state index contributed by atoms with van der Waals surface area (Å²) in [6, 6.07) is 8.35. The van der Waals surface area contributed by atoms with Crippen molar-refractivity contribution in [2.45, 2.75) is 157 Å². The zero-order valence-electron chi connectivity index (χ0n) is 37.0. The van der Waals surface area contributed by atoms with E-state index in [2.05, 4.69) is 53.4 Å². The van der Waals surface area contributed by atoms with Crippen LogP contribution < -0.4 is 0 Å². The number of Topliss-reactive ketones (excluding diaryl/α,β-unsaturated/α-hetero) is 2. The number of hydrogen-bond acceptors (Lipinski definition) is 8. The number of methoxy groups -OCH3 is 2. The van der Waals surface area contributed by atoms with E-state index in [4.69, 9.17) is 9.47 Å². The molecule has 2 rings (SSSR count). The van der Waals surface area contributed by atoms with Gasteiger partial charge in [0.1, 0.15) is 5.78 Å². The first-order valence-electron chi connectivity index (χ1n) is 20.8. The van der Waals surface area contributed by atoms with Crippen LogP contribution in [0, 0.1) is 35.5 Å². The van der Waals surface area contributed by atoms with Gasteiger partial charge in [-0.05, 0) is 69.9 Å². The van der Waals surface area contributed by atoms with E-state index < -0.39 is 36.2 Å².